The number of Topliss-reactive ketones (excluding diaryl/α,β-unsaturated/α-hetero) is 1. The smallest absolute Gasteiger partial charge is 0.266 e. The molecule has 1 aromatic heterocycles. The lowest BCUT2D eigenvalue weighted by atomic mass is 10.2. The van der Waals surface area contributed by atoms with Gasteiger partial charge in [-0.3, -0.25) is 9.59 Å². The number of hydrogen-bond acceptors (Lipinski definition) is 5. The fourth-order valence-electron chi connectivity index (χ4n) is 1.96. The first kappa shape index (κ1) is 16.4. The van der Waals surface area contributed by atoms with Gasteiger partial charge in [-0.1, -0.05) is 12.1 Å². The zero-order chi connectivity index (χ0) is 16.5. The Morgan fingerprint density at radius 3 is 2.14 bits per heavy atom. The van der Waals surface area contributed by atoms with Gasteiger partial charge in [0.05, 0.1) is 10.5 Å². The van der Waals surface area contributed by atoms with E-state index in [1.54, 1.807) is 13.0 Å². The monoisotopic (exact) mass is 337 g/mol. The van der Waals surface area contributed by atoms with E-state index in [-0.39, 0.29) is 10.7 Å². The summed E-state index contributed by atoms with van der Waals surface area (Å²) in [5.74, 6) is -0.810. The molecule has 1 N–H and O–H groups in total. The molecule has 0 atom stereocenters. The predicted octanol–water partition coefficient (Wildman–Crippen LogP) is 2.69. The number of rotatable bonds is 4. The second-order valence-corrected chi connectivity index (χ2v) is 7.98. The number of aryl methyl sites for hydroxylation is 2. The van der Waals surface area contributed by atoms with E-state index in [1.807, 2.05) is 11.6 Å². The summed E-state index contributed by atoms with van der Waals surface area (Å²) < 4.78 is 26.5. The Kier molecular flexibility index (Phi) is 4.48. The summed E-state index contributed by atoms with van der Waals surface area (Å²) in [5, 5.41) is 0. The minimum atomic E-state index is -3.96. The van der Waals surface area contributed by atoms with Crippen molar-refractivity contribution >= 4 is 33.1 Å². The van der Waals surface area contributed by atoms with E-state index in [2.05, 4.69) is 0 Å². The summed E-state index contributed by atoms with van der Waals surface area (Å²) in [5.41, 5.74) is 0.765. The topological polar surface area (TPSA) is 80.3 Å². The SMILES string of the molecule is CC(=O)c1ccc(S(=O)(=O)NC(=O)c2cc(C)sc2C)cc1. The van der Waals surface area contributed by atoms with Crippen LogP contribution in [0.2, 0.25) is 0 Å². The second-order valence-electron chi connectivity index (χ2n) is 4.84. The highest BCUT2D eigenvalue weighted by Gasteiger charge is 2.21. The van der Waals surface area contributed by atoms with Crippen LogP contribution in [0.3, 0.4) is 0 Å². The summed E-state index contributed by atoms with van der Waals surface area (Å²) in [6.45, 7) is 5.01. The van der Waals surface area contributed by atoms with Gasteiger partial charge in [0.15, 0.2) is 5.78 Å². The molecule has 0 spiro atoms. The van der Waals surface area contributed by atoms with Crippen molar-refractivity contribution in [1.82, 2.24) is 4.72 Å². The third-order valence-corrected chi connectivity index (χ3v) is 5.40. The molecule has 7 heteroatoms. The number of nitrogens with one attached hydrogen (secondary N) is 1. The lowest BCUT2D eigenvalue weighted by molar-refractivity contribution is 0.0979. The lowest BCUT2D eigenvalue weighted by Gasteiger charge is -2.07. The summed E-state index contributed by atoms with van der Waals surface area (Å²) >= 11 is 1.43. The number of ketones is 1. The molecule has 2 aromatic rings. The number of carbonyl (C=O) groups excluding carboxylic acids is 2. The van der Waals surface area contributed by atoms with Gasteiger partial charge in [0.25, 0.3) is 15.9 Å². The van der Waals surface area contributed by atoms with E-state index in [1.165, 1.54) is 42.5 Å². The highest BCUT2D eigenvalue weighted by molar-refractivity contribution is 7.90. The molecule has 0 aliphatic carbocycles. The van der Waals surface area contributed by atoms with Gasteiger partial charge in [0.1, 0.15) is 0 Å². The Bertz CT molecular complexity index is 833. The van der Waals surface area contributed by atoms with E-state index in [0.717, 1.165) is 9.75 Å². The summed E-state index contributed by atoms with van der Waals surface area (Å²) in [7, 11) is -3.96. The molecule has 0 saturated carbocycles. The first-order valence-corrected chi connectivity index (χ1v) is 8.76. The highest BCUT2D eigenvalue weighted by atomic mass is 32.2. The van der Waals surface area contributed by atoms with E-state index < -0.39 is 15.9 Å². The third-order valence-electron chi connectivity index (χ3n) is 3.08. The molecule has 0 aliphatic heterocycles. The Hall–Kier alpha value is -1.99. The number of sulfonamides is 1. The Labute approximate surface area is 133 Å². The molecule has 0 unspecified atom stereocenters. The molecule has 0 radical (unpaired) electrons. The summed E-state index contributed by atoms with van der Waals surface area (Å²) in [6, 6.07) is 7.10. The fourth-order valence-corrected chi connectivity index (χ4v) is 3.85. The maximum Gasteiger partial charge on any atom is 0.266 e. The van der Waals surface area contributed by atoms with Gasteiger partial charge < -0.3 is 0 Å². The van der Waals surface area contributed by atoms with Crippen molar-refractivity contribution in [3.63, 3.8) is 0 Å². The number of hydrogen-bond donors (Lipinski definition) is 1. The Balaban J connectivity index is 2.25. The number of benzene rings is 1. The van der Waals surface area contributed by atoms with Crippen molar-refractivity contribution in [2.45, 2.75) is 25.7 Å². The predicted molar refractivity (Wildman–Crippen MR) is 84.9 cm³/mol. The number of carbonyl (C=O) groups is 2. The molecular formula is C15H15NO4S2. The van der Waals surface area contributed by atoms with Crippen LogP contribution in [-0.4, -0.2) is 20.1 Å². The van der Waals surface area contributed by atoms with E-state index in [4.69, 9.17) is 0 Å². The molecule has 22 heavy (non-hydrogen) atoms. The standard InChI is InChI=1S/C15H15NO4S2/c1-9-8-14(11(3)21-9)15(18)16-22(19,20)13-6-4-12(5-7-13)10(2)17/h4-8H,1-3H3,(H,16,18). The van der Waals surface area contributed by atoms with E-state index >= 15 is 0 Å². The van der Waals surface area contributed by atoms with Crippen molar-refractivity contribution < 1.29 is 18.0 Å². The molecule has 0 aliphatic rings. The Morgan fingerprint density at radius 2 is 1.68 bits per heavy atom. The molecule has 116 valence electrons. The van der Waals surface area contributed by atoms with E-state index in [9.17, 15) is 18.0 Å². The molecule has 2 rings (SSSR count). The summed E-state index contributed by atoms with van der Waals surface area (Å²) in [6.07, 6.45) is 0. The van der Waals surface area contributed by atoms with Gasteiger partial charge in [-0.2, -0.15) is 0 Å². The van der Waals surface area contributed by atoms with E-state index in [0.29, 0.717) is 11.1 Å². The van der Waals surface area contributed by atoms with Crippen molar-refractivity contribution in [1.29, 1.82) is 0 Å². The molecule has 1 amide bonds. The van der Waals surface area contributed by atoms with Crippen LogP contribution in [0.1, 0.15) is 37.4 Å². The minimum Gasteiger partial charge on any atom is -0.295 e. The maximum atomic E-state index is 12.2. The molecule has 1 aromatic carbocycles. The molecule has 1 heterocycles. The number of thiophene rings is 1. The van der Waals surface area contributed by atoms with Crippen LogP contribution in [0.5, 0.6) is 0 Å². The quantitative estimate of drug-likeness (QED) is 0.870. The maximum absolute atomic E-state index is 12.2. The zero-order valence-corrected chi connectivity index (χ0v) is 14.0. The average Bonchev–Trinajstić information content (AvgIpc) is 2.77. The highest BCUT2D eigenvalue weighted by Crippen LogP contribution is 2.21. The van der Waals surface area contributed by atoms with Crippen LogP contribution in [0.4, 0.5) is 0 Å². The first-order chi connectivity index (χ1) is 10.2. The largest absolute Gasteiger partial charge is 0.295 e. The molecule has 5 nitrogen and oxygen atoms in total. The van der Waals surface area contributed by atoms with Gasteiger partial charge in [0.2, 0.25) is 0 Å². The average molecular weight is 337 g/mol. The van der Waals surface area contributed by atoms with Crippen molar-refractivity contribution in [2.24, 2.45) is 0 Å². The van der Waals surface area contributed by atoms with Crippen LogP contribution < -0.4 is 4.72 Å². The molecule has 0 bridgehead atoms. The van der Waals surface area contributed by atoms with Crippen molar-refractivity contribution in [3.8, 4) is 0 Å². The van der Waals surface area contributed by atoms with Crippen LogP contribution in [0.25, 0.3) is 0 Å². The molecular weight excluding hydrogens is 322 g/mol. The van der Waals surface area contributed by atoms with Gasteiger partial charge in [-0.25, -0.2) is 13.1 Å². The summed E-state index contributed by atoms with van der Waals surface area (Å²) in [4.78, 5) is 24.9. The van der Waals surface area contributed by atoms with Gasteiger partial charge in [-0.05, 0) is 39.0 Å². The van der Waals surface area contributed by atoms with Crippen LogP contribution >= 0.6 is 11.3 Å². The van der Waals surface area contributed by atoms with Crippen LogP contribution in [0, 0.1) is 13.8 Å². The fraction of sp³-hybridized carbons (Fsp3) is 0.200. The molecule has 0 fully saturated rings. The zero-order valence-electron chi connectivity index (χ0n) is 12.3. The van der Waals surface area contributed by atoms with Crippen molar-refractivity contribution in [3.05, 3.63) is 51.2 Å². The number of amides is 1. The van der Waals surface area contributed by atoms with Gasteiger partial charge in [0, 0.05) is 15.3 Å². The minimum absolute atomic E-state index is 0.0598. The Morgan fingerprint density at radius 1 is 1.09 bits per heavy atom. The van der Waals surface area contributed by atoms with Gasteiger partial charge >= 0.3 is 0 Å². The normalized spacial score (nSPS) is 11.2. The molecule has 0 saturated heterocycles. The third kappa shape index (κ3) is 3.42. The lowest BCUT2D eigenvalue weighted by Crippen LogP contribution is -2.30. The van der Waals surface area contributed by atoms with Crippen molar-refractivity contribution in [2.75, 3.05) is 0 Å². The van der Waals surface area contributed by atoms with Crippen LogP contribution in [0.15, 0.2) is 35.2 Å². The first-order valence-electron chi connectivity index (χ1n) is 6.46. The second kappa shape index (κ2) is 6.02. The van der Waals surface area contributed by atoms with Gasteiger partial charge in [-0.15, -0.1) is 11.3 Å². The van der Waals surface area contributed by atoms with Crippen LogP contribution in [-0.2, 0) is 10.0 Å².